The smallest absolute Gasteiger partial charge is 0.264 e. The summed E-state index contributed by atoms with van der Waals surface area (Å²) >= 11 is 12.2. The molecule has 0 bridgehead atoms. The van der Waals surface area contributed by atoms with E-state index < -0.39 is 22.5 Å². The number of rotatable bonds is 9. The summed E-state index contributed by atoms with van der Waals surface area (Å²) in [6.07, 6.45) is 1.62. The summed E-state index contributed by atoms with van der Waals surface area (Å²) in [6, 6.07) is 18.9. The van der Waals surface area contributed by atoms with Gasteiger partial charge in [-0.3, -0.25) is 9.10 Å². The van der Waals surface area contributed by atoms with Gasteiger partial charge in [-0.05, 0) is 54.6 Å². The van der Waals surface area contributed by atoms with Crippen molar-refractivity contribution in [3.63, 3.8) is 0 Å². The minimum atomic E-state index is -4.07. The second kappa shape index (κ2) is 10.5. The molecule has 3 rings (SSSR count). The first-order valence-corrected chi connectivity index (χ1v) is 11.7. The van der Waals surface area contributed by atoms with E-state index in [0.29, 0.717) is 18.0 Å². The van der Waals surface area contributed by atoms with Crippen LogP contribution in [0.15, 0.2) is 90.3 Å². The van der Waals surface area contributed by atoms with Gasteiger partial charge < -0.3 is 10.1 Å². The van der Waals surface area contributed by atoms with E-state index in [1.165, 1.54) is 30.3 Å². The molecule has 32 heavy (non-hydrogen) atoms. The fourth-order valence-electron chi connectivity index (χ4n) is 2.84. The van der Waals surface area contributed by atoms with Crippen molar-refractivity contribution in [1.82, 2.24) is 0 Å². The van der Waals surface area contributed by atoms with Gasteiger partial charge in [-0.25, -0.2) is 8.42 Å². The number of carbonyl (C=O) groups excluding carboxylic acids is 1. The second-order valence-electron chi connectivity index (χ2n) is 6.62. The first-order chi connectivity index (χ1) is 15.3. The van der Waals surface area contributed by atoms with Gasteiger partial charge in [0.2, 0.25) is 5.91 Å². The minimum absolute atomic E-state index is 0.0348. The van der Waals surface area contributed by atoms with Crippen LogP contribution >= 0.6 is 23.2 Å². The Morgan fingerprint density at radius 2 is 1.62 bits per heavy atom. The van der Waals surface area contributed by atoms with Crippen molar-refractivity contribution in [2.75, 3.05) is 22.8 Å². The zero-order chi connectivity index (χ0) is 23.1. The molecule has 0 fully saturated rings. The Morgan fingerprint density at radius 3 is 2.22 bits per heavy atom. The summed E-state index contributed by atoms with van der Waals surface area (Å²) in [4.78, 5) is 12.8. The number of ether oxygens (including phenoxy) is 1. The normalized spacial score (nSPS) is 10.9. The lowest BCUT2D eigenvalue weighted by molar-refractivity contribution is -0.114. The van der Waals surface area contributed by atoms with Crippen molar-refractivity contribution >= 4 is 50.5 Å². The van der Waals surface area contributed by atoms with Crippen molar-refractivity contribution in [2.45, 2.75) is 4.90 Å². The molecule has 1 amide bonds. The Bertz CT molecular complexity index is 1180. The number of nitrogens with one attached hydrogen (secondary N) is 1. The molecule has 3 aromatic rings. The third-order valence-electron chi connectivity index (χ3n) is 4.26. The van der Waals surface area contributed by atoms with Crippen LogP contribution in [0.2, 0.25) is 10.0 Å². The van der Waals surface area contributed by atoms with Gasteiger partial charge in [0.25, 0.3) is 10.0 Å². The van der Waals surface area contributed by atoms with Gasteiger partial charge in [-0.2, -0.15) is 0 Å². The van der Waals surface area contributed by atoms with E-state index in [1.54, 1.807) is 48.5 Å². The van der Waals surface area contributed by atoms with Crippen LogP contribution in [0.4, 0.5) is 11.4 Å². The van der Waals surface area contributed by atoms with Crippen molar-refractivity contribution in [3.05, 3.63) is 95.5 Å². The summed E-state index contributed by atoms with van der Waals surface area (Å²) in [5.74, 6) is 0.0742. The van der Waals surface area contributed by atoms with Crippen LogP contribution in [0.1, 0.15) is 0 Å². The van der Waals surface area contributed by atoms with E-state index in [2.05, 4.69) is 11.9 Å². The van der Waals surface area contributed by atoms with Gasteiger partial charge in [-0.1, -0.05) is 54.1 Å². The molecule has 0 aromatic heterocycles. The lowest BCUT2D eigenvalue weighted by Gasteiger charge is -2.24. The molecule has 0 spiro atoms. The highest BCUT2D eigenvalue weighted by Gasteiger charge is 2.27. The number of carbonyl (C=O) groups is 1. The fraction of sp³-hybridized carbons (Fsp3) is 0.0870. The van der Waals surface area contributed by atoms with E-state index in [-0.39, 0.29) is 20.6 Å². The van der Waals surface area contributed by atoms with Crippen LogP contribution in [0.5, 0.6) is 5.75 Å². The SMILES string of the molecule is C=CCOc1ccc(NC(=O)CN(c2cc(Cl)cc(Cl)c2)S(=O)(=O)c2ccccc2)cc1. The summed E-state index contributed by atoms with van der Waals surface area (Å²) < 4.78 is 33.0. The van der Waals surface area contributed by atoms with Crippen molar-refractivity contribution in [3.8, 4) is 5.75 Å². The van der Waals surface area contributed by atoms with Gasteiger partial charge >= 0.3 is 0 Å². The zero-order valence-electron chi connectivity index (χ0n) is 16.9. The number of amides is 1. The van der Waals surface area contributed by atoms with E-state index in [1.807, 2.05) is 0 Å². The van der Waals surface area contributed by atoms with E-state index in [0.717, 1.165) is 4.31 Å². The number of sulfonamides is 1. The first kappa shape index (κ1) is 23.7. The maximum Gasteiger partial charge on any atom is 0.264 e. The zero-order valence-corrected chi connectivity index (χ0v) is 19.2. The monoisotopic (exact) mass is 490 g/mol. The molecular formula is C23H20Cl2N2O4S. The summed E-state index contributed by atoms with van der Waals surface area (Å²) in [5.41, 5.74) is 0.664. The number of benzene rings is 3. The maximum absolute atomic E-state index is 13.3. The van der Waals surface area contributed by atoms with Crippen molar-refractivity contribution < 1.29 is 17.9 Å². The van der Waals surface area contributed by atoms with Crippen molar-refractivity contribution in [1.29, 1.82) is 0 Å². The molecular weight excluding hydrogens is 471 g/mol. The highest BCUT2D eigenvalue weighted by Crippen LogP contribution is 2.29. The number of hydrogen-bond acceptors (Lipinski definition) is 4. The third-order valence-corrected chi connectivity index (χ3v) is 6.48. The topological polar surface area (TPSA) is 75.7 Å². The summed E-state index contributed by atoms with van der Waals surface area (Å²) in [7, 11) is -4.07. The summed E-state index contributed by atoms with van der Waals surface area (Å²) in [5, 5.41) is 3.18. The molecule has 0 radical (unpaired) electrons. The largest absolute Gasteiger partial charge is 0.490 e. The van der Waals surface area contributed by atoms with Crippen molar-refractivity contribution in [2.24, 2.45) is 0 Å². The lowest BCUT2D eigenvalue weighted by Crippen LogP contribution is -2.38. The molecule has 0 atom stereocenters. The van der Waals surface area contributed by atoms with Crippen LogP contribution in [0, 0.1) is 0 Å². The molecule has 0 saturated heterocycles. The Balaban J connectivity index is 1.87. The van der Waals surface area contributed by atoms with Gasteiger partial charge in [0.1, 0.15) is 18.9 Å². The van der Waals surface area contributed by atoms with Gasteiger partial charge in [0, 0.05) is 15.7 Å². The fourth-order valence-corrected chi connectivity index (χ4v) is 4.78. The third kappa shape index (κ3) is 6.03. The molecule has 0 saturated carbocycles. The van der Waals surface area contributed by atoms with Gasteiger partial charge in [0.15, 0.2) is 0 Å². The minimum Gasteiger partial charge on any atom is -0.490 e. The van der Waals surface area contributed by atoms with E-state index in [9.17, 15) is 13.2 Å². The molecule has 0 aliphatic heterocycles. The maximum atomic E-state index is 13.3. The van der Waals surface area contributed by atoms with Crippen LogP contribution in [-0.2, 0) is 14.8 Å². The Morgan fingerprint density at radius 1 is 1.00 bits per heavy atom. The predicted octanol–water partition coefficient (Wildman–Crippen LogP) is 5.39. The molecule has 166 valence electrons. The first-order valence-electron chi connectivity index (χ1n) is 9.47. The molecule has 9 heteroatoms. The molecule has 3 aromatic carbocycles. The van der Waals surface area contributed by atoms with Crippen LogP contribution in [0.3, 0.4) is 0 Å². The van der Waals surface area contributed by atoms with Crippen LogP contribution in [-0.4, -0.2) is 27.5 Å². The van der Waals surface area contributed by atoms with Gasteiger partial charge in [0.05, 0.1) is 10.6 Å². The second-order valence-corrected chi connectivity index (χ2v) is 9.36. The Labute approximate surface area is 197 Å². The average molecular weight is 491 g/mol. The Hall–Kier alpha value is -3.00. The average Bonchev–Trinajstić information content (AvgIpc) is 2.77. The van der Waals surface area contributed by atoms with E-state index >= 15 is 0 Å². The number of halogens is 2. The predicted molar refractivity (Wildman–Crippen MR) is 128 cm³/mol. The van der Waals surface area contributed by atoms with E-state index in [4.69, 9.17) is 27.9 Å². The number of anilines is 2. The molecule has 1 N–H and O–H groups in total. The van der Waals surface area contributed by atoms with Crippen LogP contribution < -0.4 is 14.4 Å². The molecule has 0 aliphatic rings. The highest BCUT2D eigenvalue weighted by molar-refractivity contribution is 7.92. The van der Waals surface area contributed by atoms with Gasteiger partial charge in [-0.15, -0.1) is 0 Å². The number of hydrogen-bond donors (Lipinski definition) is 1. The Kier molecular flexibility index (Phi) is 7.80. The molecule has 6 nitrogen and oxygen atoms in total. The quantitative estimate of drug-likeness (QED) is 0.407. The molecule has 0 aliphatic carbocycles. The lowest BCUT2D eigenvalue weighted by atomic mass is 10.3. The van der Waals surface area contributed by atoms with Crippen LogP contribution in [0.25, 0.3) is 0 Å². The highest BCUT2D eigenvalue weighted by atomic mass is 35.5. The standard InChI is InChI=1S/C23H20Cl2N2O4S/c1-2-12-31-21-10-8-19(9-11-21)26-23(28)16-27(20-14-17(24)13-18(25)15-20)32(29,30)22-6-4-3-5-7-22/h2-11,13-15H,1,12,16H2,(H,26,28). The summed E-state index contributed by atoms with van der Waals surface area (Å²) in [6.45, 7) is 3.46. The molecule has 0 unspecified atom stereocenters. The number of nitrogens with zero attached hydrogens (tertiary/aromatic N) is 1. The molecule has 0 heterocycles.